The van der Waals surface area contributed by atoms with Gasteiger partial charge in [-0.2, -0.15) is 0 Å². The Hall–Kier alpha value is -3.25. The average molecular weight is 384 g/mol. The lowest BCUT2D eigenvalue weighted by Crippen LogP contribution is -2.28. The van der Waals surface area contributed by atoms with Crippen LogP contribution in [0.15, 0.2) is 59.5 Å². The molecule has 1 heterocycles. The van der Waals surface area contributed by atoms with E-state index in [0.717, 1.165) is 10.9 Å². The van der Waals surface area contributed by atoms with Gasteiger partial charge in [0.25, 0.3) is 5.91 Å². The smallest absolute Gasteiger partial charge is 0.319 e. The first-order valence-corrected chi connectivity index (χ1v) is 8.61. The van der Waals surface area contributed by atoms with Gasteiger partial charge in [0, 0.05) is 33.9 Å². The molecule has 27 heavy (non-hydrogen) atoms. The van der Waals surface area contributed by atoms with Crippen LogP contribution in [0.1, 0.15) is 16.1 Å². The third-order valence-electron chi connectivity index (χ3n) is 3.91. The van der Waals surface area contributed by atoms with E-state index < -0.39 is 0 Å². The van der Waals surface area contributed by atoms with Gasteiger partial charge in [-0.25, -0.2) is 4.79 Å². The zero-order chi connectivity index (χ0) is 19.4. The first kappa shape index (κ1) is 18.5. The minimum atomic E-state index is -0.357. The van der Waals surface area contributed by atoms with Gasteiger partial charge in [-0.15, -0.1) is 6.58 Å². The van der Waals surface area contributed by atoms with Gasteiger partial charge in [0.15, 0.2) is 5.76 Å². The number of aryl methyl sites for hydroxylation is 1. The van der Waals surface area contributed by atoms with Gasteiger partial charge in [0.2, 0.25) is 0 Å². The lowest BCUT2D eigenvalue weighted by Gasteiger charge is -2.08. The number of halogens is 1. The molecule has 0 aliphatic carbocycles. The summed E-state index contributed by atoms with van der Waals surface area (Å²) < 4.78 is 5.66. The second-order valence-corrected chi connectivity index (χ2v) is 6.29. The van der Waals surface area contributed by atoms with Gasteiger partial charge in [0.05, 0.1) is 0 Å². The van der Waals surface area contributed by atoms with Gasteiger partial charge < -0.3 is 20.4 Å². The van der Waals surface area contributed by atoms with E-state index in [1.54, 1.807) is 48.5 Å². The number of benzene rings is 2. The minimum absolute atomic E-state index is 0.235. The van der Waals surface area contributed by atoms with Crippen LogP contribution in [0.2, 0.25) is 5.02 Å². The summed E-state index contributed by atoms with van der Waals surface area (Å²) in [4.78, 5) is 24.1. The SMILES string of the molecule is C=CCNC(=O)Nc1ccc(NC(=O)c2oc3ccc(Cl)cc3c2C)cc1. The summed E-state index contributed by atoms with van der Waals surface area (Å²) in [6.45, 7) is 5.72. The Labute approximate surface area is 161 Å². The molecule has 1 aromatic heterocycles. The normalized spacial score (nSPS) is 10.4. The molecule has 0 bridgehead atoms. The third-order valence-corrected chi connectivity index (χ3v) is 4.15. The Bertz CT molecular complexity index is 1010. The number of urea groups is 1. The number of hydrogen-bond acceptors (Lipinski definition) is 3. The van der Waals surface area contributed by atoms with Gasteiger partial charge >= 0.3 is 6.03 Å². The molecule has 3 N–H and O–H groups in total. The molecule has 0 fully saturated rings. The Kier molecular flexibility index (Phi) is 5.47. The van der Waals surface area contributed by atoms with E-state index in [0.29, 0.717) is 28.5 Å². The molecule has 2 aromatic carbocycles. The predicted octanol–water partition coefficient (Wildman–Crippen LogP) is 4.95. The Balaban J connectivity index is 1.70. The number of amides is 3. The molecule has 0 saturated carbocycles. The number of rotatable bonds is 5. The number of anilines is 2. The molecule has 7 heteroatoms. The van der Waals surface area contributed by atoms with Crippen molar-refractivity contribution in [1.82, 2.24) is 5.32 Å². The Morgan fingerprint density at radius 2 is 1.78 bits per heavy atom. The highest BCUT2D eigenvalue weighted by Gasteiger charge is 2.18. The Morgan fingerprint density at radius 1 is 1.11 bits per heavy atom. The van der Waals surface area contributed by atoms with E-state index in [1.165, 1.54) is 0 Å². The number of carbonyl (C=O) groups is 2. The van der Waals surface area contributed by atoms with E-state index in [4.69, 9.17) is 16.0 Å². The molecule has 138 valence electrons. The number of carbonyl (C=O) groups excluding carboxylic acids is 2. The topological polar surface area (TPSA) is 83.4 Å². The van der Waals surface area contributed by atoms with E-state index >= 15 is 0 Å². The van der Waals surface area contributed by atoms with Crippen LogP contribution in [0.4, 0.5) is 16.2 Å². The largest absolute Gasteiger partial charge is 0.451 e. The van der Waals surface area contributed by atoms with Crippen molar-refractivity contribution >= 4 is 45.9 Å². The number of hydrogen-bond donors (Lipinski definition) is 3. The summed E-state index contributed by atoms with van der Waals surface area (Å²) in [6.07, 6.45) is 1.59. The molecule has 3 amide bonds. The molecule has 0 radical (unpaired) electrons. The highest BCUT2D eigenvalue weighted by atomic mass is 35.5. The van der Waals surface area contributed by atoms with Crippen LogP contribution in [0, 0.1) is 6.92 Å². The zero-order valence-electron chi connectivity index (χ0n) is 14.6. The fraction of sp³-hybridized carbons (Fsp3) is 0.100. The van der Waals surface area contributed by atoms with Gasteiger partial charge in [-0.1, -0.05) is 17.7 Å². The molecule has 6 nitrogen and oxygen atoms in total. The molecule has 0 aliphatic heterocycles. The fourth-order valence-corrected chi connectivity index (χ4v) is 2.75. The number of fused-ring (bicyclic) bond motifs is 1. The maximum Gasteiger partial charge on any atom is 0.319 e. The highest BCUT2D eigenvalue weighted by Crippen LogP contribution is 2.28. The molecule has 0 aliphatic rings. The highest BCUT2D eigenvalue weighted by molar-refractivity contribution is 6.31. The molecular formula is C20H18ClN3O3. The summed E-state index contributed by atoms with van der Waals surface area (Å²) in [5, 5.41) is 9.46. The van der Waals surface area contributed by atoms with Crippen LogP contribution in [0.5, 0.6) is 0 Å². The van der Waals surface area contributed by atoms with E-state index in [1.807, 2.05) is 6.92 Å². The van der Waals surface area contributed by atoms with Crippen molar-refractivity contribution < 1.29 is 14.0 Å². The molecule has 0 saturated heterocycles. The van der Waals surface area contributed by atoms with Crippen LogP contribution in [-0.2, 0) is 0 Å². The second kappa shape index (κ2) is 7.97. The summed E-state index contributed by atoms with van der Waals surface area (Å²) >= 11 is 6.01. The van der Waals surface area contributed by atoms with Crippen LogP contribution in [0.25, 0.3) is 11.0 Å². The molecule has 3 rings (SSSR count). The van der Waals surface area contributed by atoms with E-state index in [2.05, 4.69) is 22.5 Å². The molecule has 0 spiro atoms. The predicted molar refractivity (Wildman–Crippen MR) is 108 cm³/mol. The maximum atomic E-state index is 12.5. The number of furan rings is 1. The quantitative estimate of drug-likeness (QED) is 0.545. The van der Waals surface area contributed by atoms with Crippen molar-refractivity contribution in [1.29, 1.82) is 0 Å². The van der Waals surface area contributed by atoms with Crippen LogP contribution in [-0.4, -0.2) is 18.5 Å². The zero-order valence-corrected chi connectivity index (χ0v) is 15.4. The monoisotopic (exact) mass is 383 g/mol. The molecule has 0 unspecified atom stereocenters. The minimum Gasteiger partial charge on any atom is -0.451 e. The summed E-state index contributed by atoms with van der Waals surface area (Å²) in [7, 11) is 0. The van der Waals surface area contributed by atoms with Crippen molar-refractivity contribution in [3.05, 3.63) is 71.5 Å². The lowest BCUT2D eigenvalue weighted by molar-refractivity contribution is 0.0998. The van der Waals surface area contributed by atoms with Crippen molar-refractivity contribution in [3.63, 3.8) is 0 Å². The Morgan fingerprint density at radius 3 is 2.44 bits per heavy atom. The molecule has 3 aromatic rings. The molecular weight excluding hydrogens is 366 g/mol. The van der Waals surface area contributed by atoms with Crippen LogP contribution >= 0.6 is 11.6 Å². The van der Waals surface area contributed by atoms with Crippen molar-refractivity contribution in [2.75, 3.05) is 17.2 Å². The van der Waals surface area contributed by atoms with E-state index in [-0.39, 0.29) is 17.7 Å². The van der Waals surface area contributed by atoms with Crippen molar-refractivity contribution in [3.8, 4) is 0 Å². The van der Waals surface area contributed by atoms with E-state index in [9.17, 15) is 9.59 Å². The third kappa shape index (κ3) is 4.30. The van der Waals surface area contributed by atoms with Crippen LogP contribution in [0.3, 0.4) is 0 Å². The van der Waals surface area contributed by atoms with Crippen molar-refractivity contribution in [2.45, 2.75) is 6.92 Å². The first-order valence-electron chi connectivity index (χ1n) is 8.23. The summed E-state index contributed by atoms with van der Waals surface area (Å²) in [5.74, 6) is -0.123. The van der Waals surface area contributed by atoms with Gasteiger partial charge in [-0.05, 0) is 49.4 Å². The maximum absolute atomic E-state index is 12.5. The van der Waals surface area contributed by atoms with Gasteiger partial charge in [0.1, 0.15) is 5.58 Å². The fourth-order valence-electron chi connectivity index (χ4n) is 2.57. The second-order valence-electron chi connectivity index (χ2n) is 5.85. The first-order chi connectivity index (χ1) is 13.0. The number of nitrogens with one attached hydrogen (secondary N) is 3. The van der Waals surface area contributed by atoms with Crippen LogP contribution < -0.4 is 16.0 Å². The summed E-state index contributed by atoms with van der Waals surface area (Å²) in [5.41, 5.74) is 2.51. The average Bonchev–Trinajstić information content (AvgIpc) is 2.98. The van der Waals surface area contributed by atoms with Crippen molar-refractivity contribution in [2.24, 2.45) is 0 Å². The van der Waals surface area contributed by atoms with Gasteiger partial charge in [-0.3, -0.25) is 4.79 Å². The summed E-state index contributed by atoms with van der Waals surface area (Å²) in [6, 6.07) is 11.6. The standard InChI is InChI=1S/C20H18ClN3O3/c1-3-10-22-20(26)24-15-7-5-14(6-8-15)23-19(25)18-12(2)16-11-13(21)4-9-17(16)27-18/h3-9,11H,1,10H2,2H3,(H,23,25)(H2,22,24,26). The lowest BCUT2D eigenvalue weighted by atomic mass is 10.1. The molecule has 0 atom stereocenters.